The first-order valence-corrected chi connectivity index (χ1v) is 7.61. The number of ether oxygens (including phenoxy) is 1. The minimum Gasteiger partial charge on any atom is -0.494 e. The number of carbonyl (C=O) groups is 2. The van der Waals surface area contributed by atoms with Crippen LogP contribution in [-0.2, 0) is 9.59 Å². The fourth-order valence-corrected chi connectivity index (χ4v) is 2.46. The number of amides is 2. The number of rotatable bonds is 7. The van der Waals surface area contributed by atoms with Gasteiger partial charge in [0.05, 0.1) is 13.2 Å². The van der Waals surface area contributed by atoms with E-state index in [1.807, 2.05) is 40.1 Å². The van der Waals surface area contributed by atoms with E-state index in [1.165, 1.54) is 0 Å². The smallest absolute Gasteiger partial charge is 0.231 e. The van der Waals surface area contributed by atoms with Crippen LogP contribution in [0.1, 0.15) is 12.8 Å². The molecule has 1 aromatic rings. The molecule has 1 saturated heterocycles. The maximum Gasteiger partial charge on any atom is 0.231 e. The van der Waals surface area contributed by atoms with Gasteiger partial charge < -0.3 is 15.4 Å². The molecule has 0 saturated carbocycles. The summed E-state index contributed by atoms with van der Waals surface area (Å²) >= 11 is 0. The van der Waals surface area contributed by atoms with Gasteiger partial charge in [-0.3, -0.25) is 14.5 Å². The van der Waals surface area contributed by atoms with E-state index in [2.05, 4.69) is 0 Å². The molecule has 2 rings (SSSR count). The van der Waals surface area contributed by atoms with Crippen molar-refractivity contribution in [2.75, 3.05) is 39.3 Å². The van der Waals surface area contributed by atoms with Gasteiger partial charge >= 0.3 is 0 Å². The van der Waals surface area contributed by atoms with Gasteiger partial charge in [-0.2, -0.15) is 0 Å². The monoisotopic (exact) mass is 305 g/mol. The normalized spacial score (nSPS) is 15.5. The Morgan fingerprint density at radius 1 is 1.09 bits per heavy atom. The van der Waals surface area contributed by atoms with Gasteiger partial charge in [0.15, 0.2) is 0 Å². The Labute approximate surface area is 130 Å². The van der Waals surface area contributed by atoms with Crippen LogP contribution in [0.4, 0.5) is 0 Å². The summed E-state index contributed by atoms with van der Waals surface area (Å²) in [6.45, 7) is 3.53. The molecule has 1 heterocycles. The van der Waals surface area contributed by atoms with Crippen molar-refractivity contribution < 1.29 is 14.3 Å². The molecule has 0 bridgehead atoms. The fraction of sp³-hybridized carbons (Fsp3) is 0.500. The SMILES string of the molecule is NC(=O)CN1CCN(C(=O)CCCOc2ccccc2)CC1. The molecule has 0 atom stereocenters. The lowest BCUT2D eigenvalue weighted by molar-refractivity contribution is -0.133. The third kappa shape index (κ3) is 5.37. The third-order valence-electron chi connectivity index (χ3n) is 3.65. The van der Waals surface area contributed by atoms with E-state index in [0.717, 1.165) is 5.75 Å². The van der Waals surface area contributed by atoms with Gasteiger partial charge in [0.2, 0.25) is 11.8 Å². The zero-order valence-corrected chi connectivity index (χ0v) is 12.7. The lowest BCUT2D eigenvalue weighted by Gasteiger charge is -2.34. The van der Waals surface area contributed by atoms with Crippen LogP contribution in [0.25, 0.3) is 0 Å². The Bertz CT molecular complexity index is 485. The summed E-state index contributed by atoms with van der Waals surface area (Å²) in [5.41, 5.74) is 5.17. The largest absolute Gasteiger partial charge is 0.494 e. The minimum atomic E-state index is -0.321. The summed E-state index contributed by atoms with van der Waals surface area (Å²) in [6.07, 6.45) is 1.19. The fourth-order valence-electron chi connectivity index (χ4n) is 2.46. The molecule has 6 nitrogen and oxygen atoms in total. The summed E-state index contributed by atoms with van der Waals surface area (Å²) < 4.78 is 5.57. The Balaban J connectivity index is 1.61. The van der Waals surface area contributed by atoms with Gasteiger partial charge in [0.25, 0.3) is 0 Å². The highest BCUT2D eigenvalue weighted by molar-refractivity contribution is 5.77. The van der Waals surface area contributed by atoms with Crippen molar-refractivity contribution in [3.63, 3.8) is 0 Å². The van der Waals surface area contributed by atoms with E-state index in [4.69, 9.17) is 10.5 Å². The van der Waals surface area contributed by atoms with Crippen LogP contribution in [-0.4, -0.2) is 60.9 Å². The molecule has 0 unspecified atom stereocenters. The first-order valence-electron chi connectivity index (χ1n) is 7.61. The molecule has 0 aromatic heterocycles. The zero-order chi connectivity index (χ0) is 15.8. The van der Waals surface area contributed by atoms with Gasteiger partial charge in [-0.05, 0) is 18.6 Å². The van der Waals surface area contributed by atoms with Crippen molar-refractivity contribution in [3.8, 4) is 5.75 Å². The average molecular weight is 305 g/mol. The van der Waals surface area contributed by atoms with Crippen molar-refractivity contribution in [3.05, 3.63) is 30.3 Å². The van der Waals surface area contributed by atoms with Gasteiger partial charge in [-0.15, -0.1) is 0 Å². The second kappa shape index (κ2) is 8.38. The molecule has 2 N–H and O–H groups in total. The molecule has 1 aliphatic heterocycles. The molecule has 1 aliphatic rings. The minimum absolute atomic E-state index is 0.149. The number of nitrogens with zero attached hydrogens (tertiary/aromatic N) is 2. The van der Waals surface area contributed by atoms with Crippen molar-refractivity contribution in [2.24, 2.45) is 5.73 Å². The molecule has 0 radical (unpaired) electrons. The Morgan fingerprint density at radius 3 is 2.41 bits per heavy atom. The standard InChI is InChI=1S/C16H23N3O3/c17-15(20)13-18-8-10-19(11-9-18)16(21)7-4-12-22-14-5-2-1-3-6-14/h1-3,5-6H,4,7-13H2,(H2,17,20). The lowest BCUT2D eigenvalue weighted by Crippen LogP contribution is -2.50. The van der Waals surface area contributed by atoms with Gasteiger partial charge in [0, 0.05) is 32.6 Å². The maximum absolute atomic E-state index is 12.1. The second-order valence-electron chi connectivity index (χ2n) is 5.39. The number of piperazine rings is 1. The number of hydrogen-bond donors (Lipinski definition) is 1. The highest BCUT2D eigenvalue weighted by Gasteiger charge is 2.21. The molecule has 0 aliphatic carbocycles. The number of para-hydroxylation sites is 1. The summed E-state index contributed by atoms with van der Waals surface area (Å²) in [7, 11) is 0. The van der Waals surface area contributed by atoms with Crippen LogP contribution in [0.5, 0.6) is 5.75 Å². The van der Waals surface area contributed by atoms with Crippen LogP contribution in [0, 0.1) is 0 Å². The zero-order valence-electron chi connectivity index (χ0n) is 12.7. The predicted molar refractivity (Wildman–Crippen MR) is 83.4 cm³/mol. The van der Waals surface area contributed by atoms with Gasteiger partial charge in [0.1, 0.15) is 5.75 Å². The van der Waals surface area contributed by atoms with Crippen molar-refractivity contribution in [1.82, 2.24) is 9.80 Å². The second-order valence-corrected chi connectivity index (χ2v) is 5.39. The first-order chi connectivity index (χ1) is 10.6. The van der Waals surface area contributed by atoms with Crippen molar-refractivity contribution in [2.45, 2.75) is 12.8 Å². The molecule has 6 heteroatoms. The van der Waals surface area contributed by atoms with E-state index >= 15 is 0 Å². The van der Waals surface area contributed by atoms with Crippen LogP contribution in [0.3, 0.4) is 0 Å². The van der Waals surface area contributed by atoms with Gasteiger partial charge in [-0.1, -0.05) is 18.2 Å². The lowest BCUT2D eigenvalue weighted by atomic mass is 10.2. The number of hydrogen-bond acceptors (Lipinski definition) is 4. The summed E-state index contributed by atoms with van der Waals surface area (Å²) in [5, 5.41) is 0. The Kier molecular flexibility index (Phi) is 6.21. The van der Waals surface area contributed by atoms with Crippen LogP contribution >= 0.6 is 0 Å². The molecule has 120 valence electrons. The Hall–Kier alpha value is -2.08. The summed E-state index contributed by atoms with van der Waals surface area (Å²) in [6, 6.07) is 9.59. The quantitative estimate of drug-likeness (QED) is 0.743. The summed E-state index contributed by atoms with van der Waals surface area (Å²) in [5.74, 6) is 0.656. The summed E-state index contributed by atoms with van der Waals surface area (Å²) in [4.78, 5) is 26.8. The van der Waals surface area contributed by atoms with Gasteiger partial charge in [-0.25, -0.2) is 0 Å². The number of primary amides is 1. The predicted octanol–water partition coefficient (Wildman–Crippen LogP) is 0.475. The Morgan fingerprint density at radius 2 is 1.77 bits per heavy atom. The number of carbonyl (C=O) groups excluding carboxylic acids is 2. The van der Waals surface area contributed by atoms with Crippen molar-refractivity contribution >= 4 is 11.8 Å². The van der Waals surface area contributed by atoms with E-state index in [-0.39, 0.29) is 18.4 Å². The third-order valence-corrected chi connectivity index (χ3v) is 3.65. The van der Waals surface area contributed by atoms with E-state index in [9.17, 15) is 9.59 Å². The molecule has 22 heavy (non-hydrogen) atoms. The number of benzene rings is 1. The molecule has 0 spiro atoms. The number of nitrogens with two attached hydrogens (primary N) is 1. The van der Waals surface area contributed by atoms with Crippen LogP contribution in [0.15, 0.2) is 30.3 Å². The maximum atomic E-state index is 12.1. The molecular formula is C16H23N3O3. The van der Waals surface area contributed by atoms with Crippen LogP contribution in [0.2, 0.25) is 0 Å². The molecule has 1 fully saturated rings. The highest BCUT2D eigenvalue weighted by atomic mass is 16.5. The van der Waals surface area contributed by atoms with E-state index in [0.29, 0.717) is 45.6 Å². The molecular weight excluding hydrogens is 282 g/mol. The first kappa shape index (κ1) is 16.3. The molecule has 2 amide bonds. The highest BCUT2D eigenvalue weighted by Crippen LogP contribution is 2.10. The topological polar surface area (TPSA) is 75.9 Å². The molecule has 1 aromatic carbocycles. The van der Waals surface area contributed by atoms with E-state index < -0.39 is 0 Å². The van der Waals surface area contributed by atoms with Crippen molar-refractivity contribution in [1.29, 1.82) is 0 Å². The average Bonchev–Trinajstić information content (AvgIpc) is 2.52. The van der Waals surface area contributed by atoms with E-state index in [1.54, 1.807) is 0 Å². The van der Waals surface area contributed by atoms with Crippen LogP contribution < -0.4 is 10.5 Å².